The van der Waals surface area contributed by atoms with E-state index in [0.29, 0.717) is 0 Å². The summed E-state index contributed by atoms with van der Waals surface area (Å²) in [6.45, 7) is 9.88. The number of halogens is 1. The normalized spacial score (nSPS) is 11.6. The van der Waals surface area contributed by atoms with E-state index in [2.05, 4.69) is 20.1 Å². The summed E-state index contributed by atoms with van der Waals surface area (Å²) in [4.78, 5) is 0. The first kappa shape index (κ1) is 23.0. The molecule has 0 aromatic rings. The monoisotopic (exact) mass is 356 g/mol. The molecule has 0 fully saturated rings. The molecule has 0 aliphatic carbocycles. The van der Waals surface area contributed by atoms with Crippen molar-refractivity contribution in [3.05, 3.63) is 25.3 Å². The van der Waals surface area contributed by atoms with Gasteiger partial charge in [0.25, 0.3) is 0 Å². The van der Waals surface area contributed by atoms with Crippen LogP contribution in [-0.4, -0.2) is 7.38 Å². The standard InChI is InChI=1S/C21H41ClSi/c1-4-7-9-11-13-15-17-20-23(22,19-6-3)21-18-16-14-12-10-8-5-2/h4-5H,1-2,6-21H2,3H3. The molecule has 0 bridgehead atoms. The molecule has 136 valence electrons. The predicted octanol–water partition coefficient (Wildman–Crippen LogP) is 8.63. The maximum Gasteiger partial charge on any atom is 0.156 e. The second kappa shape index (κ2) is 16.8. The van der Waals surface area contributed by atoms with Gasteiger partial charge in [0.05, 0.1) is 0 Å². The molecule has 0 aliphatic rings. The zero-order valence-corrected chi connectivity index (χ0v) is 17.5. The first-order valence-corrected chi connectivity index (χ1v) is 13.7. The highest BCUT2D eigenvalue weighted by molar-refractivity contribution is 7.20. The van der Waals surface area contributed by atoms with Gasteiger partial charge in [-0.15, -0.1) is 13.2 Å². The van der Waals surface area contributed by atoms with E-state index in [4.69, 9.17) is 11.1 Å². The Bertz CT molecular complexity index is 253. The van der Waals surface area contributed by atoms with Crippen LogP contribution in [0, 0.1) is 0 Å². The van der Waals surface area contributed by atoms with Gasteiger partial charge in [0.2, 0.25) is 0 Å². The Labute approximate surface area is 152 Å². The highest BCUT2D eigenvalue weighted by Gasteiger charge is 2.28. The van der Waals surface area contributed by atoms with Crippen molar-refractivity contribution in [1.29, 1.82) is 0 Å². The average molecular weight is 357 g/mol. The molecule has 0 aromatic carbocycles. The lowest BCUT2D eigenvalue weighted by Crippen LogP contribution is -2.26. The molecular weight excluding hydrogens is 316 g/mol. The minimum Gasteiger partial charge on any atom is -0.167 e. The molecule has 0 saturated heterocycles. The molecular formula is C21H41ClSi. The van der Waals surface area contributed by atoms with Crippen LogP contribution in [0.15, 0.2) is 25.3 Å². The van der Waals surface area contributed by atoms with Crippen LogP contribution in [0.2, 0.25) is 18.1 Å². The molecule has 2 heteroatoms. The van der Waals surface area contributed by atoms with Crippen molar-refractivity contribution in [2.75, 3.05) is 0 Å². The fraction of sp³-hybridized carbons (Fsp3) is 0.810. The van der Waals surface area contributed by atoms with Crippen LogP contribution in [-0.2, 0) is 0 Å². The van der Waals surface area contributed by atoms with E-state index in [9.17, 15) is 0 Å². The van der Waals surface area contributed by atoms with Crippen molar-refractivity contribution < 1.29 is 0 Å². The van der Waals surface area contributed by atoms with Crippen LogP contribution in [0.1, 0.15) is 90.4 Å². The first-order chi connectivity index (χ1) is 11.2. The Hall–Kier alpha value is -0.0131. The zero-order valence-electron chi connectivity index (χ0n) is 15.8. The van der Waals surface area contributed by atoms with Crippen LogP contribution < -0.4 is 0 Å². The quantitative estimate of drug-likeness (QED) is 0.0997. The first-order valence-electron chi connectivity index (χ1n) is 10.1. The second-order valence-corrected chi connectivity index (χ2v) is 13.3. The summed E-state index contributed by atoms with van der Waals surface area (Å²) in [5, 5.41) is 0. The molecule has 0 rings (SSSR count). The molecule has 0 nitrogen and oxygen atoms in total. The molecule has 0 aliphatic heterocycles. The van der Waals surface area contributed by atoms with Crippen LogP contribution in [0.25, 0.3) is 0 Å². The molecule has 0 spiro atoms. The van der Waals surface area contributed by atoms with E-state index in [1.165, 1.54) is 102 Å². The average Bonchev–Trinajstić information content (AvgIpc) is 2.53. The van der Waals surface area contributed by atoms with E-state index < -0.39 is 7.38 Å². The van der Waals surface area contributed by atoms with Gasteiger partial charge in [-0.2, -0.15) is 11.1 Å². The summed E-state index contributed by atoms with van der Waals surface area (Å²) in [6.07, 6.45) is 21.3. The molecule has 0 unspecified atom stereocenters. The summed E-state index contributed by atoms with van der Waals surface area (Å²) < 4.78 is 0. The van der Waals surface area contributed by atoms with Gasteiger partial charge in [-0.25, -0.2) is 0 Å². The molecule has 0 aromatic heterocycles. The van der Waals surface area contributed by atoms with Crippen LogP contribution >= 0.6 is 11.1 Å². The Morgan fingerprint density at radius 2 is 1.04 bits per heavy atom. The molecule has 0 N–H and O–H groups in total. The topological polar surface area (TPSA) is 0 Å². The van der Waals surface area contributed by atoms with Gasteiger partial charge in [0.15, 0.2) is 7.38 Å². The summed E-state index contributed by atoms with van der Waals surface area (Å²) in [5.41, 5.74) is 0. The second-order valence-electron chi connectivity index (χ2n) is 7.09. The third-order valence-corrected chi connectivity index (χ3v) is 10.4. The van der Waals surface area contributed by atoms with E-state index in [0.717, 1.165) is 0 Å². The molecule has 0 amide bonds. The Morgan fingerprint density at radius 1 is 0.652 bits per heavy atom. The van der Waals surface area contributed by atoms with Crippen LogP contribution in [0.4, 0.5) is 0 Å². The van der Waals surface area contributed by atoms with Gasteiger partial charge in [-0.05, 0) is 43.8 Å². The van der Waals surface area contributed by atoms with Crippen molar-refractivity contribution in [3.63, 3.8) is 0 Å². The molecule has 23 heavy (non-hydrogen) atoms. The minimum absolute atomic E-state index is 1.18. The largest absolute Gasteiger partial charge is 0.167 e. The molecule has 0 radical (unpaired) electrons. The van der Waals surface area contributed by atoms with Crippen molar-refractivity contribution in [2.24, 2.45) is 0 Å². The Balaban J connectivity index is 3.73. The summed E-state index contributed by atoms with van der Waals surface area (Å²) >= 11 is 7.08. The molecule has 0 heterocycles. The Morgan fingerprint density at radius 3 is 1.43 bits per heavy atom. The number of unbranched alkanes of at least 4 members (excludes halogenated alkanes) is 10. The van der Waals surface area contributed by atoms with E-state index in [1.54, 1.807) is 0 Å². The number of hydrogen-bond acceptors (Lipinski definition) is 0. The number of rotatable bonds is 18. The Kier molecular flexibility index (Phi) is 16.8. The van der Waals surface area contributed by atoms with E-state index in [-0.39, 0.29) is 0 Å². The van der Waals surface area contributed by atoms with Gasteiger partial charge in [0, 0.05) is 0 Å². The fourth-order valence-electron chi connectivity index (χ4n) is 3.34. The van der Waals surface area contributed by atoms with Gasteiger partial charge >= 0.3 is 0 Å². The summed E-state index contributed by atoms with van der Waals surface area (Å²) in [6, 6.07) is 4.02. The zero-order chi connectivity index (χ0) is 17.2. The summed E-state index contributed by atoms with van der Waals surface area (Å²) in [7, 11) is -1.46. The third-order valence-electron chi connectivity index (χ3n) is 4.76. The minimum atomic E-state index is -1.46. The van der Waals surface area contributed by atoms with E-state index >= 15 is 0 Å². The maximum atomic E-state index is 7.08. The highest BCUT2D eigenvalue weighted by Crippen LogP contribution is 2.32. The lowest BCUT2D eigenvalue weighted by atomic mass is 10.1. The third kappa shape index (κ3) is 15.3. The maximum absolute atomic E-state index is 7.08. The lowest BCUT2D eigenvalue weighted by Gasteiger charge is -2.24. The van der Waals surface area contributed by atoms with Gasteiger partial charge in [-0.1, -0.05) is 76.9 Å². The lowest BCUT2D eigenvalue weighted by molar-refractivity contribution is 0.626. The van der Waals surface area contributed by atoms with Crippen LogP contribution in [0.5, 0.6) is 0 Å². The number of hydrogen-bond donors (Lipinski definition) is 0. The van der Waals surface area contributed by atoms with Gasteiger partial charge in [-0.3, -0.25) is 0 Å². The predicted molar refractivity (Wildman–Crippen MR) is 112 cm³/mol. The van der Waals surface area contributed by atoms with Gasteiger partial charge < -0.3 is 0 Å². The van der Waals surface area contributed by atoms with Crippen molar-refractivity contribution in [3.8, 4) is 0 Å². The SMILES string of the molecule is C=CCCCCCCC[Si](Cl)(CCC)CCCCCCCC=C. The van der Waals surface area contributed by atoms with Gasteiger partial charge in [0.1, 0.15) is 0 Å². The fourth-order valence-corrected chi connectivity index (χ4v) is 8.13. The highest BCUT2D eigenvalue weighted by atomic mass is 35.6. The van der Waals surface area contributed by atoms with E-state index in [1.807, 2.05) is 12.2 Å². The molecule has 0 saturated carbocycles. The number of allylic oxidation sites excluding steroid dienone is 2. The molecule has 0 atom stereocenters. The van der Waals surface area contributed by atoms with Crippen molar-refractivity contribution >= 4 is 18.5 Å². The van der Waals surface area contributed by atoms with Crippen LogP contribution in [0.3, 0.4) is 0 Å². The van der Waals surface area contributed by atoms with Crippen molar-refractivity contribution in [2.45, 2.75) is 109 Å². The summed E-state index contributed by atoms with van der Waals surface area (Å²) in [5.74, 6) is 0. The smallest absolute Gasteiger partial charge is 0.156 e. The van der Waals surface area contributed by atoms with Crippen molar-refractivity contribution in [1.82, 2.24) is 0 Å².